The third-order valence-electron chi connectivity index (χ3n) is 4.48. The first kappa shape index (κ1) is 19.5. The minimum atomic E-state index is -0.875. The number of anilines is 1. The highest BCUT2D eigenvalue weighted by molar-refractivity contribution is 5.95. The second kappa shape index (κ2) is 8.04. The molecule has 0 aliphatic heterocycles. The predicted molar refractivity (Wildman–Crippen MR) is 102 cm³/mol. The maximum absolute atomic E-state index is 12.7. The number of amides is 1. The highest BCUT2D eigenvalue weighted by Gasteiger charge is 2.29. The third kappa shape index (κ3) is 4.63. The van der Waals surface area contributed by atoms with Gasteiger partial charge in [-0.15, -0.1) is 0 Å². The van der Waals surface area contributed by atoms with Crippen LogP contribution in [0.2, 0.25) is 0 Å². The zero-order valence-corrected chi connectivity index (χ0v) is 15.6. The van der Waals surface area contributed by atoms with E-state index in [1.54, 1.807) is 38.3 Å². The van der Waals surface area contributed by atoms with E-state index in [2.05, 4.69) is 5.32 Å². The van der Waals surface area contributed by atoms with Crippen LogP contribution in [0.15, 0.2) is 48.5 Å². The number of hydrogen-bond acceptors (Lipinski definition) is 3. The number of methoxy groups -OCH3 is 1. The number of benzene rings is 2. The number of carboxylic acids is 1. The Hall–Kier alpha value is -2.82. The zero-order valence-electron chi connectivity index (χ0n) is 15.6. The standard InChI is InChI=1S/C21H25NO4/c1-14(19(23)24)15-9-11-17(12-10-15)22-20(25)21(2,3)13-16-7-5-6-8-18(16)26-4/h5-12,14H,13H2,1-4H3,(H,22,25)(H,23,24). The molecule has 138 valence electrons. The van der Waals surface area contributed by atoms with Gasteiger partial charge in [-0.25, -0.2) is 0 Å². The molecule has 0 aliphatic carbocycles. The molecular weight excluding hydrogens is 330 g/mol. The number of carbonyl (C=O) groups is 2. The number of carbonyl (C=O) groups excluding carboxylic acids is 1. The van der Waals surface area contributed by atoms with Crippen LogP contribution in [0.1, 0.15) is 37.8 Å². The average Bonchev–Trinajstić information content (AvgIpc) is 2.61. The highest BCUT2D eigenvalue weighted by atomic mass is 16.5. The largest absolute Gasteiger partial charge is 0.496 e. The Balaban J connectivity index is 2.09. The summed E-state index contributed by atoms with van der Waals surface area (Å²) in [6, 6.07) is 14.6. The molecule has 0 saturated carbocycles. The van der Waals surface area contributed by atoms with E-state index in [-0.39, 0.29) is 5.91 Å². The number of ether oxygens (including phenoxy) is 1. The van der Waals surface area contributed by atoms with E-state index >= 15 is 0 Å². The summed E-state index contributed by atoms with van der Waals surface area (Å²) in [7, 11) is 1.62. The summed E-state index contributed by atoms with van der Waals surface area (Å²) in [5.74, 6) is -0.802. The van der Waals surface area contributed by atoms with Crippen molar-refractivity contribution in [3.63, 3.8) is 0 Å². The van der Waals surface area contributed by atoms with Crippen LogP contribution in [0.3, 0.4) is 0 Å². The van der Waals surface area contributed by atoms with Crippen molar-refractivity contribution in [3.8, 4) is 5.75 Å². The Morgan fingerprint density at radius 3 is 2.31 bits per heavy atom. The number of rotatable bonds is 7. The number of nitrogens with one attached hydrogen (secondary N) is 1. The van der Waals surface area contributed by atoms with Crippen LogP contribution in [-0.4, -0.2) is 24.1 Å². The molecule has 0 fully saturated rings. The number of carboxylic acid groups (broad SMARTS) is 1. The van der Waals surface area contributed by atoms with Gasteiger partial charge in [-0.05, 0) is 42.7 Å². The van der Waals surface area contributed by atoms with E-state index in [1.807, 2.05) is 38.1 Å². The summed E-state index contributed by atoms with van der Waals surface area (Å²) in [6.45, 7) is 5.40. The maximum atomic E-state index is 12.7. The molecule has 1 unspecified atom stereocenters. The van der Waals surface area contributed by atoms with Gasteiger partial charge in [0.1, 0.15) is 5.75 Å². The van der Waals surface area contributed by atoms with Gasteiger partial charge >= 0.3 is 5.97 Å². The number of para-hydroxylation sites is 1. The first-order valence-corrected chi connectivity index (χ1v) is 8.50. The van der Waals surface area contributed by atoms with Crippen molar-refractivity contribution < 1.29 is 19.4 Å². The summed E-state index contributed by atoms with van der Waals surface area (Å²) in [6.07, 6.45) is 0.539. The van der Waals surface area contributed by atoms with Gasteiger partial charge in [0.15, 0.2) is 0 Å². The molecule has 0 saturated heterocycles. The van der Waals surface area contributed by atoms with E-state index < -0.39 is 17.3 Å². The van der Waals surface area contributed by atoms with E-state index in [0.29, 0.717) is 17.7 Å². The predicted octanol–water partition coefficient (Wildman–Crippen LogP) is 4.09. The topological polar surface area (TPSA) is 75.6 Å². The molecule has 0 bridgehead atoms. The maximum Gasteiger partial charge on any atom is 0.310 e. The van der Waals surface area contributed by atoms with Crippen molar-refractivity contribution in [2.24, 2.45) is 5.41 Å². The molecule has 2 rings (SSSR count). The molecule has 1 amide bonds. The third-order valence-corrected chi connectivity index (χ3v) is 4.48. The Labute approximate surface area is 154 Å². The van der Waals surface area contributed by atoms with Crippen LogP contribution in [-0.2, 0) is 16.0 Å². The van der Waals surface area contributed by atoms with Gasteiger partial charge in [0.05, 0.1) is 13.0 Å². The SMILES string of the molecule is COc1ccccc1CC(C)(C)C(=O)Nc1ccc(C(C)C(=O)O)cc1. The smallest absolute Gasteiger partial charge is 0.310 e. The van der Waals surface area contributed by atoms with Gasteiger partial charge in [0.2, 0.25) is 5.91 Å². The molecule has 5 heteroatoms. The number of hydrogen-bond donors (Lipinski definition) is 2. The van der Waals surface area contributed by atoms with Crippen molar-refractivity contribution in [2.75, 3.05) is 12.4 Å². The van der Waals surface area contributed by atoms with Crippen LogP contribution in [0, 0.1) is 5.41 Å². The molecule has 0 spiro atoms. The minimum Gasteiger partial charge on any atom is -0.496 e. The number of aliphatic carboxylic acids is 1. The lowest BCUT2D eigenvalue weighted by atomic mass is 9.84. The molecule has 2 N–H and O–H groups in total. The van der Waals surface area contributed by atoms with Gasteiger partial charge in [0.25, 0.3) is 0 Å². The monoisotopic (exact) mass is 355 g/mol. The molecule has 0 aliphatic rings. The Bertz CT molecular complexity index is 781. The second-order valence-electron chi connectivity index (χ2n) is 7.01. The van der Waals surface area contributed by atoms with Crippen LogP contribution in [0.4, 0.5) is 5.69 Å². The van der Waals surface area contributed by atoms with Gasteiger partial charge in [-0.1, -0.05) is 44.2 Å². The van der Waals surface area contributed by atoms with Crippen molar-refractivity contribution in [2.45, 2.75) is 33.1 Å². The molecule has 0 aromatic heterocycles. The highest BCUT2D eigenvalue weighted by Crippen LogP contribution is 2.29. The van der Waals surface area contributed by atoms with Crippen LogP contribution in [0.25, 0.3) is 0 Å². The first-order valence-electron chi connectivity index (χ1n) is 8.50. The average molecular weight is 355 g/mol. The summed E-state index contributed by atoms with van der Waals surface area (Å²) in [5.41, 5.74) is 1.68. The van der Waals surface area contributed by atoms with Gasteiger partial charge in [-0.3, -0.25) is 9.59 Å². The second-order valence-corrected chi connectivity index (χ2v) is 7.01. The lowest BCUT2D eigenvalue weighted by Crippen LogP contribution is -2.32. The Kier molecular flexibility index (Phi) is 6.03. The summed E-state index contributed by atoms with van der Waals surface area (Å²) < 4.78 is 5.36. The molecule has 0 radical (unpaired) electrons. The molecule has 0 heterocycles. The molecule has 2 aromatic carbocycles. The van der Waals surface area contributed by atoms with Gasteiger partial charge in [0, 0.05) is 11.1 Å². The van der Waals surface area contributed by atoms with Crippen LogP contribution in [0.5, 0.6) is 5.75 Å². The lowest BCUT2D eigenvalue weighted by molar-refractivity contribution is -0.138. The summed E-state index contributed by atoms with van der Waals surface area (Å²) >= 11 is 0. The Morgan fingerprint density at radius 1 is 1.12 bits per heavy atom. The molecule has 1 atom stereocenters. The lowest BCUT2D eigenvalue weighted by Gasteiger charge is -2.24. The quantitative estimate of drug-likeness (QED) is 0.784. The van der Waals surface area contributed by atoms with Gasteiger partial charge in [-0.2, -0.15) is 0 Å². The van der Waals surface area contributed by atoms with Crippen molar-refractivity contribution in [1.82, 2.24) is 0 Å². The zero-order chi connectivity index (χ0) is 19.3. The first-order chi connectivity index (χ1) is 12.2. The van der Waals surface area contributed by atoms with Gasteiger partial charge < -0.3 is 15.2 Å². The molecular formula is C21H25NO4. The summed E-state index contributed by atoms with van der Waals surface area (Å²) in [5, 5.41) is 12.0. The van der Waals surface area contributed by atoms with E-state index in [1.165, 1.54) is 0 Å². The fourth-order valence-electron chi connectivity index (χ4n) is 2.70. The van der Waals surface area contributed by atoms with E-state index in [0.717, 1.165) is 11.3 Å². The van der Waals surface area contributed by atoms with Crippen molar-refractivity contribution >= 4 is 17.6 Å². The fraction of sp³-hybridized carbons (Fsp3) is 0.333. The van der Waals surface area contributed by atoms with Crippen molar-refractivity contribution in [3.05, 3.63) is 59.7 Å². The molecule has 2 aromatic rings. The normalized spacial score (nSPS) is 12.3. The fourth-order valence-corrected chi connectivity index (χ4v) is 2.70. The minimum absolute atomic E-state index is 0.109. The van der Waals surface area contributed by atoms with Crippen LogP contribution < -0.4 is 10.1 Å². The van der Waals surface area contributed by atoms with Crippen LogP contribution >= 0.6 is 0 Å². The van der Waals surface area contributed by atoms with Crippen molar-refractivity contribution in [1.29, 1.82) is 0 Å². The van der Waals surface area contributed by atoms with E-state index in [9.17, 15) is 9.59 Å². The summed E-state index contributed by atoms with van der Waals surface area (Å²) in [4.78, 5) is 23.8. The van der Waals surface area contributed by atoms with E-state index in [4.69, 9.17) is 9.84 Å². The molecule has 5 nitrogen and oxygen atoms in total. The Morgan fingerprint density at radius 2 is 1.73 bits per heavy atom. The molecule has 26 heavy (non-hydrogen) atoms.